The highest BCUT2D eigenvalue weighted by molar-refractivity contribution is 7.18. The highest BCUT2D eigenvalue weighted by Crippen LogP contribution is 2.26. The van der Waals surface area contributed by atoms with Crippen LogP contribution in [-0.2, 0) is 6.54 Å². The van der Waals surface area contributed by atoms with Crippen LogP contribution in [0.15, 0.2) is 47.7 Å². The highest BCUT2D eigenvalue weighted by Gasteiger charge is 2.20. The van der Waals surface area contributed by atoms with Crippen LogP contribution >= 0.6 is 34.5 Å². The second kappa shape index (κ2) is 6.01. The van der Waals surface area contributed by atoms with Crippen molar-refractivity contribution in [3.05, 3.63) is 68.4 Å². The van der Waals surface area contributed by atoms with Crippen molar-refractivity contribution in [2.75, 3.05) is 0 Å². The van der Waals surface area contributed by atoms with Crippen LogP contribution in [0.3, 0.4) is 0 Å². The molecule has 0 saturated heterocycles. The van der Waals surface area contributed by atoms with Gasteiger partial charge in [0, 0.05) is 12.4 Å². The van der Waals surface area contributed by atoms with E-state index in [2.05, 4.69) is 15.0 Å². The van der Waals surface area contributed by atoms with Crippen molar-refractivity contribution in [1.82, 2.24) is 24.1 Å². The number of hydrogen-bond donors (Lipinski definition) is 0. The minimum absolute atomic E-state index is 0.384. The number of fused-ring (bicyclic) bond motifs is 1. The third-order valence-electron chi connectivity index (χ3n) is 3.45. The summed E-state index contributed by atoms with van der Waals surface area (Å²) >= 11 is 13.0. The molecule has 2 aromatic heterocycles. The minimum Gasteiger partial charge on any atom is -0.327 e. The Morgan fingerprint density at radius 1 is 1.12 bits per heavy atom. The van der Waals surface area contributed by atoms with E-state index in [4.69, 9.17) is 23.2 Å². The fourth-order valence-electron chi connectivity index (χ4n) is 2.43. The maximum Gasteiger partial charge on any atom is 0.356 e. The molecule has 0 aromatic carbocycles. The molecule has 4 rings (SSSR count). The lowest BCUT2D eigenvalue weighted by Crippen LogP contribution is -2.14. The Morgan fingerprint density at radius 3 is 2.71 bits per heavy atom. The molecule has 0 atom stereocenters. The molecule has 0 amide bonds. The van der Waals surface area contributed by atoms with Crippen LogP contribution in [0.2, 0.25) is 9.49 Å². The van der Waals surface area contributed by atoms with E-state index in [-0.39, 0.29) is 5.69 Å². The van der Waals surface area contributed by atoms with Crippen molar-refractivity contribution in [1.29, 1.82) is 0 Å². The number of halogens is 2. The number of thiazole rings is 1. The molecular formula is C15H9Cl2N5OS. The number of aromatic nitrogens is 5. The molecule has 9 heteroatoms. The predicted octanol–water partition coefficient (Wildman–Crippen LogP) is 3.35. The molecule has 0 radical (unpaired) electrons. The van der Waals surface area contributed by atoms with Gasteiger partial charge >= 0.3 is 5.69 Å². The Balaban J connectivity index is 1.78. The first-order chi connectivity index (χ1) is 11.6. The van der Waals surface area contributed by atoms with Crippen LogP contribution in [0.5, 0.6) is 0 Å². The molecule has 2 aliphatic rings. The Kier molecular flexibility index (Phi) is 3.84. The summed E-state index contributed by atoms with van der Waals surface area (Å²) in [6, 6.07) is 7.30. The predicted molar refractivity (Wildman–Crippen MR) is 93.5 cm³/mol. The largest absolute Gasteiger partial charge is 0.356 e. The molecule has 0 saturated carbocycles. The van der Waals surface area contributed by atoms with Crippen LogP contribution in [0.25, 0.3) is 16.6 Å². The summed E-state index contributed by atoms with van der Waals surface area (Å²) in [5.41, 5.74) is 1.25. The molecule has 0 unspecified atom stereocenters. The lowest BCUT2D eigenvalue weighted by atomic mass is 10.2. The van der Waals surface area contributed by atoms with E-state index in [1.807, 2.05) is 29.0 Å². The van der Waals surface area contributed by atoms with Crippen molar-refractivity contribution in [2.45, 2.75) is 6.54 Å². The van der Waals surface area contributed by atoms with Crippen molar-refractivity contribution >= 4 is 34.5 Å². The molecular weight excluding hydrogens is 369 g/mol. The van der Waals surface area contributed by atoms with Gasteiger partial charge in [-0.1, -0.05) is 40.6 Å². The molecule has 0 fully saturated rings. The second-order valence-electron chi connectivity index (χ2n) is 5.01. The van der Waals surface area contributed by atoms with E-state index < -0.39 is 0 Å². The van der Waals surface area contributed by atoms with Gasteiger partial charge in [0.15, 0.2) is 11.0 Å². The SMILES string of the molecule is O=c1nc2n(Cc3ccc(Cl)nc3)cccc-2n1-c1ncc(Cl)s1. The number of rotatable bonds is 3. The normalized spacial score (nSPS) is 11.2. The minimum atomic E-state index is -0.384. The molecule has 2 aromatic rings. The molecule has 0 N–H and O–H groups in total. The number of pyridine rings is 2. The number of imidazole rings is 1. The summed E-state index contributed by atoms with van der Waals surface area (Å²) in [7, 11) is 0. The van der Waals surface area contributed by atoms with Crippen molar-refractivity contribution in [3.63, 3.8) is 0 Å². The maximum atomic E-state index is 12.3. The molecule has 4 heterocycles. The first-order valence-corrected chi connectivity index (χ1v) is 8.49. The van der Waals surface area contributed by atoms with Gasteiger partial charge < -0.3 is 4.57 Å². The molecule has 0 bridgehead atoms. The van der Waals surface area contributed by atoms with E-state index >= 15 is 0 Å². The lowest BCUT2D eigenvalue weighted by Gasteiger charge is -2.11. The highest BCUT2D eigenvalue weighted by atomic mass is 35.5. The molecule has 0 spiro atoms. The fraction of sp³-hybridized carbons (Fsp3) is 0.0667. The monoisotopic (exact) mass is 377 g/mol. The van der Waals surface area contributed by atoms with E-state index in [0.29, 0.717) is 32.7 Å². The van der Waals surface area contributed by atoms with E-state index in [0.717, 1.165) is 5.56 Å². The Morgan fingerprint density at radius 2 is 2.00 bits per heavy atom. The molecule has 2 aliphatic heterocycles. The van der Waals surface area contributed by atoms with Gasteiger partial charge in [-0.25, -0.2) is 19.3 Å². The summed E-state index contributed by atoms with van der Waals surface area (Å²) in [5.74, 6) is 0.573. The lowest BCUT2D eigenvalue weighted by molar-refractivity contribution is 0.779. The van der Waals surface area contributed by atoms with Crippen molar-refractivity contribution in [2.24, 2.45) is 0 Å². The average molecular weight is 378 g/mol. The maximum absolute atomic E-state index is 12.3. The molecule has 6 nitrogen and oxygen atoms in total. The number of nitrogens with zero attached hydrogens (tertiary/aromatic N) is 5. The van der Waals surface area contributed by atoms with Crippen molar-refractivity contribution < 1.29 is 0 Å². The van der Waals surface area contributed by atoms with E-state index in [1.165, 1.54) is 22.1 Å². The third-order valence-corrected chi connectivity index (χ3v) is 4.78. The quantitative estimate of drug-likeness (QED) is 0.513. The molecule has 120 valence electrons. The van der Waals surface area contributed by atoms with Gasteiger partial charge in [-0.05, 0) is 23.8 Å². The van der Waals surface area contributed by atoms with Crippen LogP contribution in [0.1, 0.15) is 5.56 Å². The Hall–Kier alpha value is -2.22. The summed E-state index contributed by atoms with van der Waals surface area (Å²) in [6.45, 7) is 0.524. The third kappa shape index (κ3) is 2.71. The first-order valence-electron chi connectivity index (χ1n) is 6.92. The zero-order valence-corrected chi connectivity index (χ0v) is 14.4. The van der Waals surface area contributed by atoms with Gasteiger partial charge in [0.05, 0.1) is 18.4 Å². The summed E-state index contributed by atoms with van der Waals surface area (Å²) in [5, 5.41) is 0.937. The van der Waals surface area contributed by atoms with Crippen molar-refractivity contribution in [3.8, 4) is 16.6 Å². The van der Waals surface area contributed by atoms with E-state index in [9.17, 15) is 4.79 Å². The smallest absolute Gasteiger partial charge is 0.327 e. The Bertz CT molecular complexity index is 1040. The van der Waals surface area contributed by atoms with Crippen LogP contribution in [-0.4, -0.2) is 24.1 Å². The average Bonchev–Trinajstić information content (AvgIpc) is 3.12. The summed E-state index contributed by atoms with van der Waals surface area (Å²) in [4.78, 5) is 24.7. The summed E-state index contributed by atoms with van der Waals surface area (Å²) in [6.07, 6.45) is 5.08. The Labute approximate surface area is 150 Å². The topological polar surface area (TPSA) is 65.6 Å². The molecule has 24 heavy (non-hydrogen) atoms. The standard InChI is InChI=1S/C15H9Cl2N5OS/c16-11-4-3-9(6-18-11)8-21-5-1-2-10-13(21)20-14(23)22(10)15-19-7-12(17)24-15/h1-7H,8H2. The molecule has 0 aliphatic carbocycles. The van der Waals surface area contributed by atoms with Gasteiger partial charge in [0.2, 0.25) is 0 Å². The van der Waals surface area contributed by atoms with Gasteiger partial charge in [0.25, 0.3) is 0 Å². The van der Waals surface area contributed by atoms with Crippen LogP contribution in [0, 0.1) is 0 Å². The number of hydrogen-bond acceptors (Lipinski definition) is 5. The zero-order valence-electron chi connectivity index (χ0n) is 12.1. The fourth-order valence-corrected chi connectivity index (χ4v) is 3.45. The summed E-state index contributed by atoms with van der Waals surface area (Å²) < 4.78 is 3.86. The van der Waals surface area contributed by atoms with Crippen LogP contribution < -0.4 is 5.69 Å². The van der Waals surface area contributed by atoms with Gasteiger partial charge in [-0.3, -0.25) is 0 Å². The first kappa shape index (κ1) is 15.3. The van der Waals surface area contributed by atoms with Gasteiger partial charge in [0.1, 0.15) is 9.49 Å². The van der Waals surface area contributed by atoms with Crippen LogP contribution in [0.4, 0.5) is 0 Å². The second-order valence-corrected chi connectivity index (χ2v) is 7.04. The van der Waals surface area contributed by atoms with Gasteiger partial charge in [-0.15, -0.1) is 0 Å². The van der Waals surface area contributed by atoms with E-state index in [1.54, 1.807) is 12.3 Å². The van der Waals surface area contributed by atoms with Gasteiger partial charge in [-0.2, -0.15) is 4.98 Å². The zero-order chi connectivity index (χ0) is 16.7.